The van der Waals surface area contributed by atoms with Crippen LogP contribution in [0.4, 0.5) is 5.69 Å². The van der Waals surface area contributed by atoms with E-state index in [4.69, 9.17) is 27.6 Å². The molecular formula is C17H13Cl2NO2. The van der Waals surface area contributed by atoms with Crippen molar-refractivity contribution in [1.29, 1.82) is 0 Å². The number of fused-ring (bicyclic) bond motifs is 1. The van der Waals surface area contributed by atoms with Crippen LogP contribution in [0.1, 0.15) is 11.1 Å². The predicted molar refractivity (Wildman–Crippen MR) is 89.7 cm³/mol. The number of amides is 1. The zero-order chi connectivity index (χ0) is 15.7. The maximum Gasteiger partial charge on any atom is 0.228 e. The van der Waals surface area contributed by atoms with E-state index in [0.717, 1.165) is 22.1 Å². The number of hydrogen-bond acceptors (Lipinski definition) is 2. The van der Waals surface area contributed by atoms with Gasteiger partial charge in [-0.25, -0.2) is 0 Å². The van der Waals surface area contributed by atoms with Crippen molar-refractivity contribution < 1.29 is 9.21 Å². The molecule has 22 heavy (non-hydrogen) atoms. The number of furan rings is 1. The highest BCUT2D eigenvalue weighted by atomic mass is 35.5. The SMILES string of the molecule is Cc1ccc2occ(CC(=O)Nc3cc(Cl)cc(Cl)c3)c2c1. The minimum absolute atomic E-state index is 0.150. The molecule has 0 radical (unpaired) electrons. The van der Waals surface area contributed by atoms with E-state index in [2.05, 4.69) is 5.32 Å². The van der Waals surface area contributed by atoms with E-state index in [1.165, 1.54) is 0 Å². The van der Waals surface area contributed by atoms with Gasteiger partial charge in [-0.1, -0.05) is 34.8 Å². The molecule has 1 heterocycles. The van der Waals surface area contributed by atoms with Crippen LogP contribution in [0.3, 0.4) is 0 Å². The van der Waals surface area contributed by atoms with E-state index >= 15 is 0 Å². The lowest BCUT2D eigenvalue weighted by Gasteiger charge is -2.06. The third-order valence-electron chi connectivity index (χ3n) is 3.31. The van der Waals surface area contributed by atoms with Crippen LogP contribution in [0.15, 0.2) is 47.1 Å². The first-order valence-corrected chi connectivity index (χ1v) is 7.49. The van der Waals surface area contributed by atoms with Crippen LogP contribution >= 0.6 is 23.2 Å². The van der Waals surface area contributed by atoms with Crippen molar-refractivity contribution in [2.24, 2.45) is 0 Å². The van der Waals surface area contributed by atoms with Gasteiger partial charge >= 0.3 is 0 Å². The number of carbonyl (C=O) groups excluding carboxylic acids is 1. The van der Waals surface area contributed by atoms with Crippen LogP contribution in [-0.4, -0.2) is 5.91 Å². The molecule has 0 aliphatic rings. The van der Waals surface area contributed by atoms with E-state index in [9.17, 15) is 4.79 Å². The largest absolute Gasteiger partial charge is 0.464 e. The fraction of sp³-hybridized carbons (Fsp3) is 0.118. The third-order valence-corrected chi connectivity index (χ3v) is 3.74. The molecule has 3 rings (SSSR count). The summed E-state index contributed by atoms with van der Waals surface area (Å²) in [7, 11) is 0. The van der Waals surface area contributed by atoms with Crippen molar-refractivity contribution in [3.8, 4) is 0 Å². The van der Waals surface area contributed by atoms with Crippen molar-refractivity contribution in [2.75, 3.05) is 5.32 Å². The quantitative estimate of drug-likeness (QED) is 0.713. The van der Waals surface area contributed by atoms with Crippen LogP contribution in [0.2, 0.25) is 10.0 Å². The maximum absolute atomic E-state index is 12.2. The Morgan fingerprint density at radius 1 is 1.14 bits per heavy atom. The van der Waals surface area contributed by atoms with Crippen LogP contribution in [-0.2, 0) is 11.2 Å². The van der Waals surface area contributed by atoms with Gasteiger partial charge < -0.3 is 9.73 Å². The van der Waals surface area contributed by atoms with E-state index in [1.807, 2.05) is 25.1 Å². The van der Waals surface area contributed by atoms with E-state index in [-0.39, 0.29) is 12.3 Å². The fourth-order valence-corrected chi connectivity index (χ4v) is 2.86. The minimum atomic E-state index is -0.150. The van der Waals surface area contributed by atoms with Gasteiger partial charge in [0, 0.05) is 26.7 Å². The number of halogens is 2. The minimum Gasteiger partial charge on any atom is -0.464 e. The molecular weight excluding hydrogens is 321 g/mol. The zero-order valence-electron chi connectivity index (χ0n) is 11.8. The standard InChI is InChI=1S/C17H13Cl2NO2/c1-10-2-3-16-15(4-10)11(9-22-16)5-17(21)20-14-7-12(18)6-13(19)8-14/h2-4,6-9H,5H2,1H3,(H,20,21). The fourth-order valence-electron chi connectivity index (χ4n) is 2.34. The lowest BCUT2D eigenvalue weighted by Crippen LogP contribution is -2.14. The number of benzene rings is 2. The van der Waals surface area contributed by atoms with Gasteiger partial charge in [-0.2, -0.15) is 0 Å². The molecule has 5 heteroatoms. The summed E-state index contributed by atoms with van der Waals surface area (Å²) >= 11 is 11.8. The third kappa shape index (κ3) is 3.26. The average Bonchev–Trinajstić information content (AvgIpc) is 2.80. The molecule has 0 fully saturated rings. The van der Waals surface area contributed by atoms with Gasteiger partial charge in [0.05, 0.1) is 12.7 Å². The van der Waals surface area contributed by atoms with Crippen molar-refractivity contribution in [1.82, 2.24) is 0 Å². The Labute approximate surface area is 137 Å². The van der Waals surface area contributed by atoms with Gasteiger partial charge in [-0.3, -0.25) is 4.79 Å². The monoisotopic (exact) mass is 333 g/mol. The summed E-state index contributed by atoms with van der Waals surface area (Å²) in [6.45, 7) is 2.00. The summed E-state index contributed by atoms with van der Waals surface area (Å²) in [6.07, 6.45) is 1.84. The van der Waals surface area contributed by atoms with Gasteiger partial charge in [0.25, 0.3) is 0 Å². The molecule has 3 aromatic rings. The molecule has 0 atom stereocenters. The maximum atomic E-state index is 12.2. The molecule has 0 aliphatic carbocycles. The lowest BCUT2D eigenvalue weighted by molar-refractivity contribution is -0.115. The second-order valence-corrected chi connectivity index (χ2v) is 6.02. The molecule has 0 saturated carbocycles. The summed E-state index contributed by atoms with van der Waals surface area (Å²) in [6, 6.07) is 10.8. The average molecular weight is 334 g/mol. The van der Waals surface area contributed by atoms with Crippen LogP contribution in [0.5, 0.6) is 0 Å². The Hall–Kier alpha value is -1.97. The second-order valence-electron chi connectivity index (χ2n) is 5.14. The molecule has 112 valence electrons. The van der Waals surface area contributed by atoms with Crippen molar-refractivity contribution in [3.63, 3.8) is 0 Å². The predicted octanol–water partition coefficient (Wildman–Crippen LogP) is 5.23. The summed E-state index contributed by atoms with van der Waals surface area (Å²) < 4.78 is 5.47. The smallest absolute Gasteiger partial charge is 0.228 e. The first-order chi connectivity index (χ1) is 10.5. The second kappa shape index (κ2) is 6.03. The molecule has 1 aromatic heterocycles. The topological polar surface area (TPSA) is 42.2 Å². The highest BCUT2D eigenvalue weighted by Crippen LogP contribution is 2.25. The summed E-state index contributed by atoms with van der Waals surface area (Å²) in [5, 5.41) is 4.71. The Balaban J connectivity index is 1.79. The van der Waals surface area contributed by atoms with Crippen molar-refractivity contribution in [3.05, 3.63) is 63.8 Å². The van der Waals surface area contributed by atoms with Crippen molar-refractivity contribution in [2.45, 2.75) is 13.3 Å². The number of rotatable bonds is 3. The normalized spacial score (nSPS) is 10.9. The summed E-state index contributed by atoms with van der Waals surface area (Å²) in [5.74, 6) is -0.150. The molecule has 0 saturated heterocycles. The highest BCUT2D eigenvalue weighted by Gasteiger charge is 2.11. The molecule has 0 aliphatic heterocycles. The number of nitrogens with one attached hydrogen (secondary N) is 1. The zero-order valence-corrected chi connectivity index (χ0v) is 13.3. The van der Waals surface area contributed by atoms with Gasteiger partial charge in [-0.15, -0.1) is 0 Å². The first kappa shape index (κ1) is 14.9. The van der Waals surface area contributed by atoms with Crippen LogP contribution < -0.4 is 5.32 Å². The molecule has 0 spiro atoms. The molecule has 0 unspecified atom stereocenters. The van der Waals surface area contributed by atoms with Crippen LogP contribution in [0, 0.1) is 6.92 Å². The van der Waals surface area contributed by atoms with E-state index < -0.39 is 0 Å². The first-order valence-electron chi connectivity index (χ1n) is 6.74. The van der Waals surface area contributed by atoms with Gasteiger partial charge in [0.2, 0.25) is 5.91 Å². The number of anilines is 1. The Morgan fingerprint density at radius 2 is 1.86 bits per heavy atom. The summed E-state index contributed by atoms with van der Waals surface area (Å²) in [4.78, 5) is 12.2. The van der Waals surface area contributed by atoms with Gasteiger partial charge in [0.1, 0.15) is 5.58 Å². The number of hydrogen-bond donors (Lipinski definition) is 1. The molecule has 0 bridgehead atoms. The number of carbonyl (C=O) groups is 1. The Morgan fingerprint density at radius 3 is 2.59 bits per heavy atom. The van der Waals surface area contributed by atoms with Crippen LogP contribution in [0.25, 0.3) is 11.0 Å². The van der Waals surface area contributed by atoms with Crippen molar-refractivity contribution >= 4 is 45.8 Å². The molecule has 2 aromatic carbocycles. The Kier molecular flexibility index (Phi) is 4.10. The Bertz CT molecular complexity index is 835. The van der Waals surface area contributed by atoms with Gasteiger partial charge in [0.15, 0.2) is 0 Å². The number of aryl methyl sites for hydroxylation is 1. The lowest BCUT2D eigenvalue weighted by atomic mass is 10.1. The van der Waals surface area contributed by atoms with E-state index in [0.29, 0.717) is 15.7 Å². The molecule has 3 nitrogen and oxygen atoms in total. The summed E-state index contributed by atoms with van der Waals surface area (Å²) in [5.41, 5.74) is 3.33. The molecule has 1 N–H and O–H groups in total. The molecule has 1 amide bonds. The van der Waals surface area contributed by atoms with E-state index in [1.54, 1.807) is 24.5 Å². The van der Waals surface area contributed by atoms with Gasteiger partial charge in [-0.05, 0) is 37.3 Å². The highest BCUT2D eigenvalue weighted by molar-refractivity contribution is 6.35.